The fourth-order valence-corrected chi connectivity index (χ4v) is 2.39. The first-order valence-electron chi connectivity index (χ1n) is 8.35. The number of para-hydroxylation sites is 1. The van der Waals surface area contributed by atoms with Gasteiger partial charge in [0.1, 0.15) is 11.4 Å². The molecular formula is C20H20N2O6. The molecule has 0 aliphatic heterocycles. The van der Waals surface area contributed by atoms with Crippen molar-refractivity contribution in [2.75, 3.05) is 19.0 Å². The van der Waals surface area contributed by atoms with Gasteiger partial charge in [-0.15, -0.1) is 0 Å². The molecule has 0 fully saturated rings. The summed E-state index contributed by atoms with van der Waals surface area (Å²) in [5.74, 6) is -0.813. The molecule has 146 valence electrons. The summed E-state index contributed by atoms with van der Waals surface area (Å²) in [5, 5.41) is 13.6. The SMILES string of the molecule is COc1ccccc1/C=C/C(=O)OCC(=O)Nc1cc(C)c(C)cc1[N+](=O)[O-]. The molecule has 0 aliphatic rings. The molecule has 28 heavy (non-hydrogen) atoms. The lowest BCUT2D eigenvalue weighted by Crippen LogP contribution is -2.20. The van der Waals surface area contributed by atoms with Crippen molar-refractivity contribution in [3.8, 4) is 5.75 Å². The lowest BCUT2D eigenvalue weighted by Gasteiger charge is -2.09. The van der Waals surface area contributed by atoms with Crippen LogP contribution in [0.15, 0.2) is 42.5 Å². The molecule has 0 bridgehead atoms. The molecule has 0 saturated heterocycles. The molecule has 0 spiro atoms. The lowest BCUT2D eigenvalue weighted by molar-refractivity contribution is -0.384. The number of amides is 1. The molecule has 2 rings (SSSR count). The zero-order valence-electron chi connectivity index (χ0n) is 15.7. The van der Waals surface area contributed by atoms with E-state index < -0.39 is 23.4 Å². The Morgan fingerprint density at radius 2 is 1.86 bits per heavy atom. The van der Waals surface area contributed by atoms with Crippen molar-refractivity contribution in [1.82, 2.24) is 0 Å². The molecule has 0 aliphatic carbocycles. The van der Waals surface area contributed by atoms with Crippen LogP contribution in [0.5, 0.6) is 5.75 Å². The van der Waals surface area contributed by atoms with Crippen molar-refractivity contribution in [1.29, 1.82) is 0 Å². The van der Waals surface area contributed by atoms with E-state index in [2.05, 4.69) is 5.32 Å². The van der Waals surface area contributed by atoms with Crippen LogP contribution in [0.2, 0.25) is 0 Å². The number of nitrogens with zero attached hydrogens (tertiary/aromatic N) is 1. The molecule has 0 atom stereocenters. The number of rotatable bonds is 7. The maximum absolute atomic E-state index is 12.0. The van der Waals surface area contributed by atoms with Gasteiger partial charge in [-0.05, 0) is 43.2 Å². The van der Waals surface area contributed by atoms with Crippen LogP contribution in [0, 0.1) is 24.0 Å². The van der Waals surface area contributed by atoms with Gasteiger partial charge in [-0.1, -0.05) is 18.2 Å². The molecule has 0 aromatic heterocycles. The lowest BCUT2D eigenvalue weighted by atomic mass is 10.1. The highest BCUT2D eigenvalue weighted by Gasteiger charge is 2.18. The predicted octanol–water partition coefficient (Wildman–Crippen LogP) is 3.42. The second kappa shape index (κ2) is 9.31. The average Bonchev–Trinajstić information content (AvgIpc) is 2.67. The van der Waals surface area contributed by atoms with Gasteiger partial charge in [-0.3, -0.25) is 14.9 Å². The Bertz CT molecular complexity index is 936. The summed E-state index contributed by atoms with van der Waals surface area (Å²) in [6.45, 7) is 2.94. The molecule has 1 N–H and O–H groups in total. The Balaban J connectivity index is 1.97. The highest BCUT2D eigenvalue weighted by molar-refractivity contribution is 5.96. The van der Waals surface area contributed by atoms with E-state index in [4.69, 9.17) is 9.47 Å². The minimum absolute atomic E-state index is 0.0544. The zero-order chi connectivity index (χ0) is 20.7. The van der Waals surface area contributed by atoms with Crippen molar-refractivity contribution in [2.45, 2.75) is 13.8 Å². The third kappa shape index (κ3) is 5.41. The van der Waals surface area contributed by atoms with Crippen LogP contribution in [0.1, 0.15) is 16.7 Å². The number of hydrogen-bond acceptors (Lipinski definition) is 6. The van der Waals surface area contributed by atoms with E-state index in [1.807, 2.05) is 0 Å². The quantitative estimate of drug-likeness (QED) is 0.339. The van der Waals surface area contributed by atoms with Crippen LogP contribution in [-0.4, -0.2) is 30.5 Å². The second-order valence-electron chi connectivity index (χ2n) is 5.94. The van der Waals surface area contributed by atoms with Crippen molar-refractivity contribution < 1.29 is 24.0 Å². The van der Waals surface area contributed by atoms with E-state index in [1.165, 1.54) is 31.4 Å². The Morgan fingerprint density at radius 1 is 1.18 bits per heavy atom. The summed E-state index contributed by atoms with van der Waals surface area (Å²) in [4.78, 5) is 34.4. The molecule has 2 aromatic rings. The third-order valence-electron chi connectivity index (χ3n) is 3.97. The van der Waals surface area contributed by atoms with E-state index in [0.717, 1.165) is 11.1 Å². The van der Waals surface area contributed by atoms with Gasteiger partial charge in [0.2, 0.25) is 0 Å². The summed E-state index contributed by atoms with van der Waals surface area (Å²) < 4.78 is 10.0. The molecule has 0 radical (unpaired) electrons. The number of anilines is 1. The fourth-order valence-electron chi connectivity index (χ4n) is 2.39. The van der Waals surface area contributed by atoms with Gasteiger partial charge in [0.05, 0.1) is 12.0 Å². The maximum atomic E-state index is 12.0. The number of aryl methyl sites for hydroxylation is 2. The summed E-state index contributed by atoms with van der Waals surface area (Å²) in [6, 6.07) is 9.98. The molecule has 1 amide bonds. The second-order valence-corrected chi connectivity index (χ2v) is 5.94. The topological polar surface area (TPSA) is 108 Å². The number of nitrogens with one attached hydrogen (secondary N) is 1. The molecule has 2 aromatic carbocycles. The largest absolute Gasteiger partial charge is 0.496 e. The van der Waals surface area contributed by atoms with Crippen LogP contribution < -0.4 is 10.1 Å². The molecular weight excluding hydrogens is 364 g/mol. The zero-order valence-corrected chi connectivity index (χ0v) is 15.7. The Kier molecular flexibility index (Phi) is 6.86. The van der Waals surface area contributed by atoms with Gasteiger partial charge in [0.25, 0.3) is 11.6 Å². The van der Waals surface area contributed by atoms with Gasteiger partial charge in [0, 0.05) is 17.7 Å². The standard InChI is InChI=1S/C20H20N2O6/c1-13-10-16(17(22(25)26)11-14(13)2)21-19(23)12-28-20(24)9-8-15-6-4-5-7-18(15)27-3/h4-11H,12H2,1-3H3,(H,21,23)/b9-8+. The minimum Gasteiger partial charge on any atom is -0.496 e. The van der Waals surface area contributed by atoms with Crippen molar-refractivity contribution in [3.63, 3.8) is 0 Å². The van der Waals surface area contributed by atoms with Gasteiger partial charge < -0.3 is 14.8 Å². The number of esters is 1. The number of carbonyl (C=O) groups excluding carboxylic acids is 2. The first-order chi connectivity index (χ1) is 13.3. The minimum atomic E-state index is -0.726. The predicted molar refractivity (Wildman–Crippen MR) is 104 cm³/mol. The van der Waals surface area contributed by atoms with E-state index in [9.17, 15) is 19.7 Å². The third-order valence-corrected chi connectivity index (χ3v) is 3.97. The fraction of sp³-hybridized carbons (Fsp3) is 0.200. The van der Waals surface area contributed by atoms with E-state index in [-0.39, 0.29) is 11.4 Å². The number of nitro benzene ring substituents is 1. The van der Waals surface area contributed by atoms with Gasteiger partial charge in [0.15, 0.2) is 6.61 Å². The number of nitro groups is 1. The Labute approximate surface area is 161 Å². The van der Waals surface area contributed by atoms with Crippen LogP contribution in [0.4, 0.5) is 11.4 Å². The number of hydrogen-bond donors (Lipinski definition) is 1. The maximum Gasteiger partial charge on any atom is 0.331 e. The van der Waals surface area contributed by atoms with Crippen molar-refractivity contribution in [2.24, 2.45) is 0 Å². The average molecular weight is 384 g/mol. The summed E-state index contributed by atoms with van der Waals surface area (Å²) in [6.07, 6.45) is 2.68. The van der Waals surface area contributed by atoms with Crippen molar-refractivity contribution in [3.05, 3.63) is 69.3 Å². The summed E-state index contributed by atoms with van der Waals surface area (Å²) >= 11 is 0. The van der Waals surface area contributed by atoms with Gasteiger partial charge >= 0.3 is 5.97 Å². The first kappa shape index (κ1) is 20.6. The number of methoxy groups -OCH3 is 1. The highest BCUT2D eigenvalue weighted by Crippen LogP contribution is 2.27. The van der Waals surface area contributed by atoms with Gasteiger partial charge in [-0.25, -0.2) is 4.79 Å². The molecule has 8 nitrogen and oxygen atoms in total. The normalized spacial score (nSPS) is 10.5. The molecule has 0 saturated carbocycles. The van der Waals surface area contributed by atoms with Crippen molar-refractivity contribution >= 4 is 29.3 Å². The molecule has 0 heterocycles. The van der Waals surface area contributed by atoms with Crippen LogP contribution in [0.3, 0.4) is 0 Å². The van der Waals surface area contributed by atoms with E-state index >= 15 is 0 Å². The number of carbonyl (C=O) groups is 2. The Morgan fingerprint density at radius 3 is 2.54 bits per heavy atom. The van der Waals surface area contributed by atoms with E-state index in [0.29, 0.717) is 11.3 Å². The summed E-state index contributed by atoms with van der Waals surface area (Å²) in [7, 11) is 1.52. The first-order valence-corrected chi connectivity index (χ1v) is 8.35. The van der Waals surface area contributed by atoms with E-state index in [1.54, 1.807) is 38.1 Å². The smallest absolute Gasteiger partial charge is 0.331 e. The Hall–Kier alpha value is -3.68. The molecule has 0 unspecified atom stereocenters. The van der Waals surface area contributed by atoms with Crippen LogP contribution >= 0.6 is 0 Å². The number of ether oxygens (including phenoxy) is 2. The monoisotopic (exact) mass is 384 g/mol. The van der Waals surface area contributed by atoms with Gasteiger partial charge in [-0.2, -0.15) is 0 Å². The summed E-state index contributed by atoms with van der Waals surface area (Å²) in [5.41, 5.74) is 2.03. The number of benzene rings is 2. The highest BCUT2D eigenvalue weighted by atomic mass is 16.6. The van der Waals surface area contributed by atoms with Crippen LogP contribution in [-0.2, 0) is 14.3 Å². The van der Waals surface area contributed by atoms with Crippen LogP contribution in [0.25, 0.3) is 6.08 Å². The molecule has 8 heteroatoms.